The molecular formula is C22H24BrClFNO2S. The Bertz CT molecular complexity index is 948. The van der Waals surface area contributed by atoms with E-state index in [1.54, 1.807) is 6.08 Å². The van der Waals surface area contributed by atoms with Crippen LogP contribution in [0.5, 0.6) is 5.75 Å². The summed E-state index contributed by atoms with van der Waals surface area (Å²) < 4.78 is 37.0. The van der Waals surface area contributed by atoms with Gasteiger partial charge in [-0.15, -0.1) is 6.58 Å². The van der Waals surface area contributed by atoms with Gasteiger partial charge in [0.1, 0.15) is 11.6 Å². The Labute approximate surface area is 187 Å². The first-order valence-corrected chi connectivity index (χ1v) is 11.6. The Morgan fingerprint density at radius 1 is 1.41 bits per heavy atom. The minimum atomic E-state index is -1.33. The van der Waals surface area contributed by atoms with Crippen molar-refractivity contribution in [2.45, 2.75) is 50.0 Å². The van der Waals surface area contributed by atoms with Gasteiger partial charge in [-0.2, -0.15) is 0 Å². The van der Waals surface area contributed by atoms with Crippen LogP contribution in [0.1, 0.15) is 38.3 Å². The van der Waals surface area contributed by atoms with Crippen molar-refractivity contribution >= 4 is 38.5 Å². The van der Waals surface area contributed by atoms with Crippen molar-refractivity contribution in [2.24, 2.45) is 0 Å². The predicted octanol–water partition coefficient (Wildman–Crippen LogP) is 6.07. The summed E-state index contributed by atoms with van der Waals surface area (Å²) in [6.45, 7) is 9.60. The van der Waals surface area contributed by atoms with Crippen LogP contribution in [0.15, 0.2) is 53.5 Å². The van der Waals surface area contributed by atoms with E-state index in [-0.39, 0.29) is 11.1 Å². The van der Waals surface area contributed by atoms with Crippen molar-refractivity contribution in [3.05, 3.63) is 75.5 Å². The highest BCUT2D eigenvalue weighted by molar-refractivity contribution is 9.10. The molecule has 1 aliphatic heterocycles. The van der Waals surface area contributed by atoms with Gasteiger partial charge in [0.25, 0.3) is 0 Å². The van der Waals surface area contributed by atoms with Gasteiger partial charge in [0.2, 0.25) is 0 Å². The quantitative estimate of drug-likeness (QED) is 0.386. The van der Waals surface area contributed by atoms with Gasteiger partial charge in [-0.25, -0.2) is 13.3 Å². The molecule has 156 valence electrons. The van der Waals surface area contributed by atoms with Gasteiger partial charge < -0.3 is 4.74 Å². The van der Waals surface area contributed by atoms with Gasteiger partial charge in [0, 0.05) is 22.5 Å². The molecule has 1 heterocycles. The van der Waals surface area contributed by atoms with E-state index in [0.29, 0.717) is 23.1 Å². The van der Waals surface area contributed by atoms with Gasteiger partial charge in [0.15, 0.2) is 5.60 Å². The van der Waals surface area contributed by atoms with Crippen LogP contribution in [-0.4, -0.2) is 15.0 Å². The van der Waals surface area contributed by atoms with Crippen LogP contribution < -0.4 is 9.46 Å². The molecule has 0 spiro atoms. The normalized spacial score (nSPS) is 20.6. The highest BCUT2D eigenvalue weighted by atomic mass is 79.9. The third-order valence-electron chi connectivity index (χ3n) is 4.99. The molecule has 0 aromatic heterocycles. The van der Waals surface area contributed by atoms with E-state index >= 15 is 0 Å². The van der Waals surface area contributed by atoms with Gasteiger partial charge in [-0.3, -0.25) is 0 Å². The number of fused-ring (bicyclic) bond motifs is 1. The molecule has 3 rings (SSSR count). The van der Waals surface area contributed by atoms with Crippen LogP contribution >= 0.6 is 27.5 Å². The lowest BCUT2D eigenvalue weighted by Crippen LogP contribution is -2.54. The highest BCUT2D eigenvalue weighted by Crippen LogP contribution is 2.49. The predicted molar refractivity (Wildman–Crippen MR) is 121 cm³/mol. The van der Waals surface area contributed by atoms with E-state index in [0.717, 1.165) is 11.1 Å². The molecule has 0 bridgehead atoms. The number of benzene rings is 2. The third-order valence-corrected chi connectivity index (χ3v) is 8.07. The Kier molecular flexibility index (Phi) is 6.59. The SMILES string of the molecule is C=CC[C@H](N[S@](=O)C(C)(C)C)[C@@]1(c2ccccc2)Cc2c(cc(F)c(Cl)c2Br)O1. The fourth-order valence-electron chi connectivity index (χ4n) is 3.44. The molecule has 0 fully saturated rings. The maximum Gasteiger partial charge on any atom is 0.155 e. The van der Waals surface area contributed by atoms with E-state index in [9.17, 15) is 8.60 Å². The van der Waals surface area contributed by atoms with Crippen molar-refractivity contribution in [1.29, 1.82) is 0 Å². The molecule has 0 saturated heterocycles. The number of hydrogen-bond acceptors (Lipinski definition) is 2. The molecule has 0 radical (unpaired) electrons. The van der Waals surface area contributed by atoms with Gasteiger partial charge in [-0.05, 0) is 48.7 Å². The first-order chi connectivity index (χ1) is 13.6. The number of rotatable bonds is 6. The molecule has 0 saturated carbocycles. The first-order valence-electron chi connectivity index (χ1n) is 9.30. The molecule has 2 aromatic carbocycles. The third kappa shape index (κ3) is 4.31. The zero-order valence-corrected chi connectivity index (χ0v) is 19.8. The van der Waals surface area contributed by atoms with Crippen molar-refractivity contribution in [2.75, 3.05) is 0 Å². The summed E-state index contributed by atoms with van der Waals surface area (Å²) in [5, 5.41) is 0.0303. The lowest BCUT2D eigenvalue weighted by Gasteiger charge is -2.38. The molecule has 0 amide bonds. The molecule has 1 N–H and O–H groups in total. The minimum absolute atomic E-state index is 0.0303. The fourth-order valence-corrected chi connectivity index (χ4v) is 5.04. The molecule has 2 aromatic rings. The fraction of sp³-hybridized carbons (Fsp3) is 0.364. The lowest BCUT2D eigenvalue weighted by atomic mass is 9.81. The minimum Gasteiger partial charge on any atom is -0.480 e. The van der Waals surface area contributed by atoms with Crippen molar-refractivity contribution in [1.82, 2.24) is 4.72 Å². The highest BCUT2D eigenvalue weighted by Gasteiger charge is 2.49. The Morgan fingerprint density at radius 3 is 2.66 bits per heavy atom. The Hall–Kier alpha value is -1.21. The second kappa shape index (κ2) is 8.50. The molecule has 0 aliphatic carbocycles. The summed E-state index contributed by atoms with van der Waals surface area (Å²) in [7, 11) is -1.33. The topological polar surface area (TPSA) is 38.3 Å². The molecule has 7 heteroatoms. The summed E-state index contributed by atoms with van der Waals surface area (Å²) in [6.07, 6.45) is 2.73. The van der Waals surface area contributed by atoms with Gasteiger partial charge in [-0.1, -0.05) is 48.0 Å². The smallest absolute Gasteiger partial charge is 0.155 e. The summed E-state index contributed by atoms with van der Waals surface area (Å²) >= 11 is 9.55. The Morgan fingerprint density at radius 2 is 2.07 bits per heavy atom. The average Bonchev–Trinajstić information content (AvgIpc) is 3.06. The number of nitrogens with one attached hydrogen (secondary N) is 1. The van der Waals surface area contributed by atoms with E-state index in [1.807, 2.05) is 51.1 Å². The van der Waals surface area contributed by atoms with Crippen LogP contribution in [0.3, 0.4) is 0 Å². The Balaban J connectivity index is 2.14. The summed E-state index contributed by atoms with van der Waals surface area (Å²) in [4.78, 5) is 0. The monoisotopic (exact) mass is 499 g/mol. The number of ether oxygens (including phenoxy) is 1. The van der Waals surface area contributed by atoms with Crippen LogP contribution in [-0.2, 0) is 23.0 Å². The van der Waals surface area contributed by atoms with Crippen molar-refractivity contribution in [3.8, 4) is 5.75 Å². The molecular weight excluding hydrogens is 477 g/mol. The maximum atomic E-state index is 14.3. The molecule has 29 heavy (non-hydrogen) atoms. The van der Waals surface area contributed by atoms with Crippen molar-refractivity contribution < 1.29 is 13.3 Å². The van der Waals surface area contributed by atoms with Crippen LogP contribution in [0, 0.1) is 5.82 Å². The second-order valence-corrected chi connectivity index (χ2v) is 11.2. The van der Waals surface area contributed by atoms with Crippen molar-refractivity contribution in [3.63, 3.8) is 0 Å². The molecule has 1 aliphatic rings. The number of halogens is 3. The van der Waals surface area contributed by atoms with E-state index in [1.165, 1.54) is 6.07 Å². The van der Waals surface area contributed by atoms with Gasteiger partial charge >= 0.3 is 0 Å². The van der Waals surface area contributed by atoms with Crippen LogP contribution in [0.4, 0.5) is 4.39 Å². The second-order valence-electron chi connectivity index (χ2n) is 8.07. The molecule has 3 atom stereocenters. The average molecular weight is 501 g/mol. The van der Waals surface area contributed by atoms with E-state index in [4.69, 9.17) is 16.3 Å². The van der Waals surface area contributed by atoms with E-state index < -0.39 is 27.2 Å². The summed E-state index contributed by atoms with van der Waals surface area (Å²) in [5.41, 5.74) is 0.806. The van der Waals surface area contributed by atoms with Crippen LogP contribution in [0.2, 0.25) is 5.02 Å². The zero-order chi connectivity index (χ0) is 21.4. The summed E-state index contributed by atoms with van der Waals surface area (Å²) in [5.74, 6) is -0.118. The molecule has 0 unspecified atom stereocenters. The van der Waals surface area contributed by atoms with Gasteiger partial charge in [0.05, 0.1) is 26.8 Å². The maximum absolute atomic E-state index is 14.3. The standard InChI is InChI=1S/C22H24BrClFNO2S/c1-5-9-18(26-29(27)21(2,3)4)22(14-10-7-6-8-11-14)13-15-17(28-22)12-16(25)20(24)19(15)23/h5-8,10-12,18,26H,1,9,13H2,2-4H3/t18-,22-,29+/m0/s1. The van der Waals surface area contributed by atoms with Crippen LogP contribution in [0.25, 0.3) is 0 Å². The lowest BCUT2D eigenvalue weighted by molar-refractivity contribution is 0.0566. The molecule has 3 nitrogen and oxygen atoms in total. The number of hydrogen-bond donors (Lipinski definition) is 1. The zero-order valence-electron chi connectivity index (χ0n) is 16.6. The summed E-state index contributed by atoms with van der Waals surface area (Å²) in [6, 6.07) is 10.7. The first kappa shape index (κ1) is 22.5. The largest absolute Gasteiger partial charge is 0.480 e. The van der Waals surface area contributed by atoms with E-state index in [2.05, 4.69) is 27.2 Å².